The lowest BCUT2D eigenvalue weighted by molar-refractivity contribution is -0.142. The second kappa shape index (κ2) is 3.87. The summed E-state index contributed by atoms with van der Waals surface area (Å²) < 4.78 is 5.26. The van der Waals surface area contributed by atoms with Crippen molar-refractivity contribution in [1.29, 1.82) is 0 Å². The molecule has 2 rings (SSSR count). The standard InChI is InChI=1S/C10H6BrClO3/c11-7-8(13)10(14)15-9(7)5-3-1-2-4-6(5)12/h1-4,9,13H. The van der Waals surface area contributed by atoms with E-state index in [2.05, 4.69) is 15.9 Å². The molecule has 1 heterocycles. The van der Waals surface area contributed by atoms with E-state index in [1.54, 1.807) is 24.3 Å². The van der Waals surface area contributed by atoms with E-state index in [9.17, 15) is 9.90 Å². The number of rotatable bonds is 1. The van der Waals surface area contributed by atoms with Crippen molar-refractivity contribution in [3.63, 3.8) is 0 Å². The van der Waals surface area contributed by atoms with Gasteiger partial charge in [0.1, 0.15) is 0 Å². The fraction of sp³-hybridized carbons (Fsp3) is 0.100. The number of cyclic esters (lactones) is 1. The van der Waals surface area contributed by atoms with Gasteiger partial charge < -0.3 is 9.84 Å². The molecule has 15 heavy (non-hydrogen) atoms. The summed E-state index contributed by atoms with van der Waals surface area (Å²) in [6.07, 6.45) is -0.647. The van der Waals surface area contributed by atoms with E-state index in [4.69, 9.17) is 16.3 Å². The normalized spacial score (nSPS) is 20.7. The van der Waals surface area contributed by atoms with Crippen molar-refractivity contribution < 1.29 is 14.6 Å². The number of carbonyl (C=O) groups excluding carboxylic acids is 1. The molecule has 0 fully saturated rings. The van der Waals surface area contributed by atoms with Crippen LogP contribution in [0.1, 0.15) is 11.7 Å². The summed E-state index contributed by atoms with van der Waals surface area (Å²) in [5, 5.41) is 9.79. The summed E-state index contributed by atoms with van der Waals surface area (Å²) in [4.78, 5) is 11.1. The molecule has 1 atom stereocenters. The van der Waals surface area contributed by atoms with Crippen LogP contribution >= 0.6 is 27.5 Å². The van der Waals surface area contributed by atoms with Crippen LogP contribution in [0, 0.1) is 0 Å². The predicted octanol–water partition coefficient (Wildman–Crippen LogP) is 3.10. The quantitative estimate of drug-likeness (QED) is 0.808. The van der Waals surface area contributed by atoms with E-state index in [0.717, 1.165) is 0 Å². The third-order valence-electron chi connectivity index (χ3n) is 2.06. The van der Waals surface area contributed by atoms with Gasteiger partial charge in [0, 0.05) is 10.6 Å². The Morgan fingerprint density at radius 2 is 2.07 bits per heavy atom. The van der Waals surface area contributed by atoms with E-state index in [1.165, 1.54) is 0 Å². The molecule has 5 heteroatoms. The van der Waals surface area contributed by atoms with Crippen molar-refractivity contribution in [2.45, 2.75) is 6.10 Å². The van der Waals surface area contributed by atoms with Gasteiger partial charge in [-0.15, -0.1) is 0 Å². The second-order valence-electron chi connectivity index (χ2n) is 3.00. The van der Waals surface area contributed by atoms with Gasteiger partial charge in [-0.25, -0.2) is 4.79 Å². The minimum Gasteiger partial charge on any atom is -0.501 e. The Morgan fingerprint density at radius 3 is 2.60 bits per heavy atom. The monoisotopic (exact) mass is 288 g/mol. The lowest BCUT2D eigenvalue weighted by atomic mass is 10.1. The van der Waals surface area contributed by atoms with E-state index >= 15 is 0 Å². The Kier molecular flexibility index (Phi) is 2.71. The minimum absolute atomic E-state index is 0.306. The number of ether oxygens (including phenoxy) is 1. The van der Waals surface area contributed by atoms with E-state index in [-0.39, 0.29) is 0 Å². The summed E-state index contributed by atoms with van der Waals surface area (Å²) in [6, 6.07) is 6.99. The number of benzene rings is 1. The summed E-state index contributed by atoms with van der Waals surface area (Å²) >= 11 is 9.06. The van der Waals surface area contributed by atoms with Crippen LogP contribution in [-0.2, 0) is 9.53 Å². The van der Waals surface area contributed by atoms with Crippen molar-refractivity contribution in [3.05, 3.63) is 45.1 Å². The van der Waals surface area contributed by atoms with Crippen LogP contribution in [0.25, 0.3) is 0 Å². The molecule has 0 aliphatic carbocycles. The number of carbonyl (C=O) groups is 1. The highest BCUT2D eigenvalue weighted by atomic mass is 79.9. The lowest BCUT2D eigenvalue weighted by Crippen LogP contribution is -2.02. The molecule has 0 aromatic heterocycles. The topological polar surface area (TPSA) is 46.5 Å². The molecular weight excluding hydrogens is 283 g/mol. The molecule has 1 aliphatic rings. The highest BCUT2D eigenvalue weighted by molar-refractivity contribution is 9.11. The van der Waals surface area contributed by atoms with Crippen LogP contribution in [0.5, 0.6) is 0 Å². The maximum absolute atomic E-state index is 11.1. The Hall–Kier alpha value is -1.00. The molecule has 0 bridgehead atoms. The lowest BCUT2D eigenvalue weighted by Gasteiger charge is -2.11. The van der Waals surface area contributed by atoms with E-state index in [0.29, 0.717) is 15.1 Å². The van der Waals surface area contributed by atoms with Crippen molar-refractivity contribution in [3.8, 4) is 0 Å². The Bertz CT molecular complexity index is 456. The summed E-state index contributed by atoms with van der Waals surface area (Å²) in [5.41, 5.74) is 0.642. The number of hydrogen-bond donors (Lipinski definition) is 1. The van der Waals surface area contributed by atoms with Crippen LogP contribution in [0.15, 0.2) is 34.5 Å². The van der Waals surface area contributed by atoms with Crippen molar-refractivity contribution in [1.82, 2.24) is 0 Å². The Balaban J connectivity index is 2.44. The van der Waals surface area contributed by atoms with E-state index in [1.807, 2.05) is 0 Å². The SMILES string of the molecule is O=C1OC(c2ccccc2Cl)C(Br)=C1O. The van der Waals surface area contributed by atoms with Gasteiger partial charge >= 0.3 is 5.97 Å². The number of hydrogen-bond acceptors (Lipinski definition) is 3. The second-order valence-corrected chi connectivity index (χ2v) is 4.26. The largest absolute Gasteiger partial charge is 0.501 e. The first-order chi connectivity index (χ1) is 7.11. The third-order valence-corrected chi connectivity index (χ3v) is 3.20. The van der Waals surface area contributed by atoms with E-state index < -0.39 is 17.8 Å². The zero-order chi connectivity index (χ0) is 11.0. The number of aliphatic hydroxyl groups is 1. The number of aliphatic hydroxyl groups excluding tert-OH is 1. The molecule has 1 aliphatic heterocycles. The average molecular weight is 290 g/mol. The molecule has 0 saturated heterocycles. The van der Waals surface area contributed by atoms with Gasteiger partial charge in [-0.1, -0.05) is 29.8 Å². The van der Waals surface area contributed by atoms with Gasteiger partial charge in [0.2, 0.25) is 5.76 Å². The van der Waals surface area contributed by atoms with Crippen LogP contribution in [0.2, 0.25) is 5.02 Å². The fourth-order valence-corrected chi connectivity index (χ4v) is 2.06. The minimum atomic E-state index is -0.744. The molecule has 0 spiro atoms. The summed E-state index contributed by atoms with van der Waals surface area (Å²) in [7, 11) is 0. The van der Waals surface area contributed by atoms with Crippen molar-refractivity contribution >= 4 is 33.5 Å². The molecule has 0 amide bonds. The highest BCUT2D eigenvalue weighted by Gasteiger charge is 2.34. The maximum Gasteiger partial charge on any atom is 0.375 e. The van der Waals surface area contributed by atoms with Crippen LogP contribution in [-0.4, -0.2) is 11.1 Å². The van der Waals surface area contributed by atoms with Gasteiger partial charge in [-0.3, -0.25) is 0 Å². The number of halogens is 2. The molecule has 0 saturated carbocycles. The zero-order valence-corrected chi connectivity index (χ0v) is 9.75. The third kappa shape index (κ3) is 1.75. The summed E-state index contributed by atoms with van der Waals surface area (Å²) in [5.74, 6) is -1.15. The van der Waals surface area contributed by atoms with Crippen molar-refractivity contribution in [2.24, 2.45) is 0 Å². The summed E-state index contributed by atoms with van der Waals surface area (Å²) in [6.45, 7) is 0. The Morgan fingerprint density at radius 1 is 1.40 bits per heavy atom. The first-order valence-corrected chi connectivity index (χ1v) is 5.32. The zero-order valence-electron chi connectivity index (χ0n) is 7.41. The Labute approximate surface area is 99.4 Å². The predicted molar refractivity (Wildman–Crippen MR) is 58.9 cm³/mol. The van der Waals surface area contributed by atoms with Gasteiger partial charge in [0.05, 0.1) is 4.48 Å². The van der Waals surface area contributed by atoms with Crippen LogP contribution < -0.4 is 0 Å². The first kappa shape index (κ1) is 10.5. The van der Waals surface area contributed by atoms with Gasteiger partial charge in [0.25, 0.3) is 0 Å². The molecular formula is C10H6BrClO3. The highest BCUT2D eigenvalue weighted by Crippen LogP contribution is 2.40. The molecule has 1 aromatic rings. The van der Waals surface area contributed by atoms with Crippen LogP contribution in [0.3, 0.4) is 0 Å². The maximum atomic E-state index is 11.1. The first-order valence-electron chi connectivity index (χ1n) is 4.15. The van der Waals surface area contributed by atoms with Gasteiger partial charge in [-0.2, -0.15) is 0 Å². The fourth-order valence-electron chi connectivity index (χ4n) is 1.32. The molecule has 1 N–H and O–H groups in total. The molecule has 1 unspecified atom stereocenters. The van der Waals surface area contributed by atoms with Gasteiger partial charge in [0.15, 0.2) is 6.10 Å². The molecule has 3 nitrogen and oxygen atoms in total. The molecule has 1 aromatic carbocycles. The van der Waals surface area contributed by atoms with Gasteiger partial charge in [-0.05, 0) is 22.0 Å². The van der Waals surface area contributed by atoms with Crippen LogP contribution in [0.4, 0.5) is 0 Å². The number of esters is 1. The average Bonchev–Trinajstić information content (AvgIpc) is 2.47. The molecule has 0 radical (unpaired) electrons. The smallest absolute Gasteiger partial charge is 0.375 e. The van der Waals surface area contributed by atoms with Crippen molar-refractivity contribution in [2.75, 3.05) is 0 Å². The molecule has 78 valence electrons.